The predicted octanol–water partition coefficient (Wildman–Crippen LogP) is 4.91. The minimum absolute atomic E-state index is 0. The van der Waals surface area contributed by atoms with Gasteiger partial charge < -0.3 is 16.2 Å². The van der Waals surface area contributed by atoms with Crippen LogP contribution in [-0.4, -0.2) is 90.0 Å². The molecule has 1 unspecified atom stereocenters. The van der Waals surface area contributed by atoms with E-state index in [2.05, 4.69) is 30.5 Å². The van der Waals surface area contributed by atoms with Gasteiger partial charge in [-0.15, -0.1) is 0 Å². The Labute approximate surface area is 426 Å². The Kier molecular flexibility index (Phi) is 18.5. The van der Waals surface area contributed by atoms with Crippen LogP contribution in [0.5, 0.6) is 0 Å². The number of halogens is 10. The second-order valence-electron chi connectivity index (χ2n) is 16.2. The van der Waals surface area contributed by atoms with Crippen LogP contribution in [0.25, 0.3) is 11.6 Å². The Morgan fingerprint density at radius 1 is 0.667 bits per heavy atom. The van der Waals surface area contributed by atoms with E-state index in [0.717, 1.165) is 60.9 Å². The van der Waals surface area contributed by atoms with Gasteiger partial charge in [0.2, 0.25) is 0 Å². The number of carbonyl (C=O) groups is 2. The van der Waals surface area contributed by atoms with Crippen molar-refractivity contribution in [1.82, 2.24) is 29.5 Å². The molecule has 2 aromatic carbocycles. The number of Topliss-reactive ketones (excluding diaryl/α,β-unsaturated/α-hetero) is 2. The quantitative estimate of drug-likeness (QED) is 0.105. The van der Waals surface area contributed by atoms with Crippen molar-refractivity contribution in [2.24, 2.45) is 10.3 Å². The maximum absolute atomic E-state index is 13.8. The molecule has 0 spiro atoms. The number of alkyl halides is 6. The van der Waals surface area contributed by atoms with Crippen molar-refractivity contribution in [1.29, 1.82) is 0 Å². The smallest absolute Gasteiger partial charge is 1.00 e. The molecule has 2 aliphatic rings. The van der Waals surface area contributed by atoms with Gasteiger partial charge in [0.1, 0.15) is 51.7 Å². The fraction of sp³-hybridized carbons (Fsp3) is 0.267. The van der Waals surface area contributed by atoms with Crippen molar-refractivity contribution in [3.63, 3.8) is 0 Å². The van der Waals surface area contributed by atoms with Gasteiger partial charge in [0.15, 0.2) is 40.2 Å². The topological polar surface area (TPSA) is 193 Å². The number of benzene rings is 2. The third-order valence-corrected chi connectivity index (χ3v) is 10.1. The monoisotopic (exact) mass is 1020 g/mol. The molecule has 8 rings (SSSR count). The van der Waals surface area contributed by atoms with Crippen LogP contribution in [0.4, 0.5) is 43.9 Å². The van der Waals surface area contributed by atoms with Crippen molar-refractivity contribution in [3.8, 4) is 11.6 Å². The molecule has 3 radical (unpaired) electrons. The standard InChI is InChI=1S/C22H17F5N4O3.C22H17F5N4O2.CO2.B.Na.H/c1-21(11-32)9-16(30-34-21)15-8-18(22(25,26)27)31(29-15)19-6-5-12(10-28-19)7-17(33)20-13(23)3-2-4-14(20)24;1-21(2)10-16(30-33-21)15-9-18(22(25,26)27)31(29-15)19-7-6-12(11-28-19)8-17(32)20-13(23)4-3-5-14(20)24;2-1-3;;;/h2-6,8,10,32H,7,9,11H2,1H3;3-7,9,11H,8,10H2,1-2H3;;;;/q;;;;+1;-1. The minimum Gasteiger partial charge on any atom is -1.00 e. The van der Waals surface area contributed by atoms with Gasteiger partial charge in [-0.2, -0.15) is 46.1 Å². The largest absolute Gasteiger partial charge is 1.00 e. The minimum atomic E-state index is -4.77. The number of hydrogen-bond acceptors (Lipinski definition) is 13. The molecule has 0 fully saturated rings. The van der Waals surface area contributed by atoms with Gasteiger partial charge >= 0.3 is 48.1 Å². The molecule has 6 heterocycles. The average Bonchev–Trinajstić information content (AvgIpc) is 4.10. The number of carbonyl (C=O) groups excluding carboxylic acids is 4. The number of aliphatic hydroxyl groups is 1. The van der Waals surface area contributed by atoms with E-state index < -0.39 is 87.3 Å². The molecule has 0 amide bonds. The number of rotatable bonds is 11. The average molecular weight is 1020 g/mol. The fourth-order valence-corrected chi connectivity index (χ4v) is 6.76. The van der Waals surface area contributed by atoms with Crippen LogP contribution in [0.1, 0.15) is 89.7 Å². The first-order chi connectivity index (χ1) is 32.9. The predicted molar refractivity (Wildman–Crippen MR) is 227 cm³/mol. The molecule has 1 atom stereocenters. The van der Waals surface area contributed by atoms with E-state index in [4.69, 9.17) is 19.3 Å². The molecular weight excluding hydrogens is 988 g/mol. The van der Waals surface area contributed by atoms with Crippen LogP contribution in [-0.2, 0) is 44.5 Å². The molecule has 27 heteroatoms. The summed E-state index contributed by atoms with van der Waals surface area (Å²) in [6, 6.07) is 12.9. The normalized spacial score (nSPS) is 15.6. The summed E-state index contributed by atoms with van der Waals surface area (Å²) in [6.45, 7) is 4.67. The van der Waals surface area contributed by atoms with Crippen LogP contribution in [0.2, 0.25) is 0 Å². The number of ketones is 2. The second-order valence-corrected chi connectivity index (χ2v) is 16.2. The molecule has 0 bridgehead atoms. The summed E-state index contributed by atoms with van der Waals surface area (Å²) < 4.78 is 138. The van der Waals surface area contributed by atoms with Gasteiger partial charge in [-0.1, -0.05) is 34.6 Å². The Morgan fingerprint density at radius 3 is 1.35 bits per heavy atom. The Balaban J connectivity index is 0.000000352. The van der Waals surface area contributed by atoms with Crippen molar-refractivity contribution in [3.05, 3.63) is 153 Å². The van der Waals surface area contributed by atoms with E-state index in [1.807, 2.05) is 0 Å². The van der Waals surface area contributed by atoms with Crippen LogP contribution >= 0.6 is 0 Å². The zero-order valence-electron chi connectivity index (χ0n) is 38.9. The molecule has 371 valence electrons. The zero-order valence-corrected chi connectivity index (χ0v) is 39.9. The summed E-state index contributed by atoms with van der Waals surface area (Å²) >= 11 is 0. The fourth-order valence-electron chi connectivity index (χ4n) is 6.76. The van der Waals surface area contributed by atoms with Gasteiger partial charge in [0.05, 0.1) is 17.7 Å². The van der Waals surface area contributed by atoms with Gasteiger partial charge in [0.25, 0.3) is 0 Å². The first-order valence-corrected chi connectivity index (χ1v) is 20.2. The van der Waals surface area contributed by atoms with Crippen molar-refractivity contribution >= 4 is 37.6 Å². The maximum atomic E-state index is 13.8. The van der Waals surface area contributed by atoms with Gasteiger partial charge in [-0.05, 0) is 80.4 Å². The summed E-state index contributed by atoms with van der Waals surface area (Å²) in [5, 5.41) is 24.9. The second kappa shape index (κ2) is 23.1. The van der Waals surface area contributed by atoms with E-state index in [0.29, 0.717) is 9.36 Å². The third-order valence-electron chi connectivity index (χ3n) is 10.1. The SMILES string of the molecule is CC1(C)CC(c2cc(C(F)(F)F)n(-c3ccc(CC(=O)c4c(F)cccc4F)cn3)n2)=NO1.CC1(CO)CC(c2cc(C(F)(F)F)n(-c3ccc(CC(=O)c4c(F)cccc4F)cn3)n2)=NO1.O=C=O.[B].[H-].[Na+]. The Morgan fingerprint density at radius 2 is 1.04 bits per heavy atom. The molecule has 2 aliphatic heterocycles. The van der Waals surface area contributed by atoms with Gasteiger partial charge in [0, 0.05) is 46.5 Å². The van der Waals surface area contributed by atoms with E-state index in [1.165, 1.54) is 24.3 Å². The summed E-state index contributed by atoms with van der Waals surface area (Å²) in [6.07, 6.45) is -7.41. The maximum Gasteiger partial charge on any atom is 1.00 e. The van der Waals surface area contributed by atoms with E-state index in [-0.39, 0.29) is 117 Å². The molecule has 72 heavy (non-hydrogen) atoms. The van der Waals surface area contributed by atoms with Crippen molar-refractivity contribution in [2.45, 2.75) is 70.0 Å². The molecule has 4 aromatic heterocycles. The molecule has 0 saturated carbocycles. The van der Waals surface area contributed by atoms with Crippen LogP contribution in [0.15, 0.2) is 95.5 Å². The Hall–Kier alpha value is -6.86. The Bertz CT molecular complexity index is 3000. The van der Waals surface area contributed by atoms with E-state index in [1.54, 1.807) is 20.8 Å². The first kappa shape index (κ1) is 57.7. The number of pyridine rings is 2. The third kappa shape index (κ3) is 13.6. The zero-order chi connectivity index (χ0) is 51.3. The molecule has 15 nitrogen and oxygen atoms in total. The number of nitrogens with zero attached hydrogens (tertiary/aromatic N) is 8. The number of oxime groups is 2. The summed E-state index contributed by atoms with van der Waals surface area (Å²) in [7, 11) is 0. The molecule has 0 saturated heterocycles. The number of hydrogen-bond donors (Lipinski definition) is 1. The van der Waals surface area contributed by atoms with E-state index in [9.17, 15) is 58.6 Å². The molecule has 0 aliphatic carbocycles. The molecule has 6 aromatic rings. The van der Waals surface area contributed by atoms with Gasteiger partial charge in [-0.3, -0.25) is 9.59 Å². The number of aromatic nitrogens is 6. The molecule has 1 N–H and O–H groups in total. The molecular formula is C45H35BF10N8NaO7. The summed E-state index contributed by atoms with van der Waals surface area (Å²) in [5.74, 6) is -6.02. The van der Waals surface area contributed by atoms with Gasteiger partial charge in [-0.25, -0.2) is 36.9 Å². The first-order valence-electron chi connectivity index (χ1n) is 20.2. The van der Waals surface area contributed by atoms with Crippen molar-refractivity contribution < 1.29 is 109 Å². The van der Waals surface area contributed by atoms with E-state index >= 15 is 0 Å². The van der Waals surface area contributed by atoms with Crippen LogP contribution < -0.4 is 29.6 Å². The van der Waals surface area contributed by atoms with Crippen molar-refractivity contribution in [2.75, 3.05) is 6.61 Å². The van der Waals surface area contributed by atoms with Crippen LogP contribution in [0, 0.1) is 23.3 Å². The summed E-state index contributed by atoms with van der Waals surface area (Å²) in [5.41, 5.74) is -4.44. The number of aliphatic hydroxyl groups excluding tert-OH is 1. The van der Waals surface area contributed by atoms with Crippen LogP contribution in [0.3, 0.4) is 0 Å². The summed E-state index contributed by atoms with van der Waals surface area (Å²) in [4.78, 5) is 59.1.